The van der Waals surface area contributed by atoms with Gasteiger partial charge in [0.15, 0.2) is 0 Å². The van der Waals surface area contributed by atoms with Gasteiger partial charge in [0.25, 0.3) is 11.8 Å². The third kappa shape index (κ3) is 4.67. The lowest BCUT2D eigenvalue weighted by Gasteiger charge is -2.37. The number of carbonyl (C=O) groups is 3. The van der Waals surface area contributed by atoms with E-state index in [0.29, 0.717) is 12.8 Å². The van der Waals surface area contributed by atoms with Crippen LogP contribution in [0, 0.1) is 0 Å². The first-order valence-electron chi connectivity index (χ1n) is 9.64. The summed E-state index contributed by atoms with van der Waals surface area (Å²) in [5.74, 6) is -1.60. The highest BCUT2D eigenvalue weighted by Gasteiger charge is 2.48. The van der Waals surface area contributed by atoms with Crippen LogP contribution in [0.5, 0.6) is 0 Å². The molecule has 0 saturated heterocycles. The zero-order valence-corrected chi connectivity index (χ0v) is 20.5. The van der Waals surface area contributed by atoms with Gasteiger partial charge < -0.3 is 4.74 Å². The van der Waals surface area contributed by atoms with E-state index in [4.69, 9.17) is 51.1 Å². The van der Waals surface area contributed by atoms with E-state index in [9.17, 15) is 14.4 Å². The number of hydrogen-bond donors (Lipinski definition) is 0. The third-order valence-electron chi connectivity index (χ3n) is 4.47. The second kappa shape index (κ2) is 9.51. The van der Waals surface area contributed by atoms with Gasteiger partial charge in [-0.25, -0.2) is 9.80 Å². The number of halogens is 4. The van der Waals surface area contributed by atoms with Crippen LogP contribution in [0.2, 0.25) is 20.1 Å². The van der Waals surface area contributed by atoms with Crippen molar-refractivity contribution < 1.29 is 19.1 Å². The van der Waals surface area contributed by atoms with Gasteiger partial charge in [-0.05, 0) is 33.6 Å². The molecule has 0 bridgehead atoms. The van der Waals surface area contributed by atoms with E-state index in [1.807, 2.05) is 13.8 Å². The van der Waals surface area contributed by atoms with Gasteiger partial charge in [-0.15, -0.1) is 0 Å². The normalized spacial score (nSPS) is 13.9. The topological polar surface area (TPSA) is 66.9 Å². The summed E-state index contributed by atoms with van der Waals surface area (Å²) < 4.78 is 5.51. The second-order valence-corrected chi connectivity index (χ2v) is 9.50. The number of amides is 3. The number of hydrazine groups is 1. The third-order valence-corrected chi connectivity index (χ3v) is 6.27. The predicted octanol–water partition coefficient (Wildman–Crippen LogP) is 7.02. The highest BCUT2D eigenvalue weighted by Crippen LogP contribution is 2.45. The van der Waals surface area contributed by atoms with E-state index < -0.39 is 29.6 Å². The Hall–Kier alpha value is -1.21. The minimum absolute atomic E-state index is 0.132. The van der Waals surface area contributed by atoms with Crippen molar-refractivity contribution in [3.05, 3.63) is 31.2 Å². The minimum atomic E-state index is -0.834. The van der Waals surface area contributed by atoms with Gasteiger partial charge in [0, 0.05) is 0 Å². The van der Waals surface area contributed by atoms with Crippen molar-refractivity contribution in [2.45, 2.75) is 71.9 Å². The van der Waals surface area contributed by atoms with Crippen molar-refractivity contribution in [1.82, 2.24) is 10.0 Å². The summed E-state index contributed by atoms with van der Waals surface area (Å²) in [4.78, 5) is 39.7. The van der Waals surface area contributed by atoms with Crippen LogP contribution in [-0.2, 0) is 4.74 Å². The molecule has 1 aliphatic heterocycles. The summed E-state index contributed by atoms with van der Waals surface area (Å²) in [6, 6.07) is -0.444. The molecule has 0 aromatic heterocycles. The van der Waals surface area contributed by atoms with Crippen LogP contribution in [-0.4, -0.2) is 39.6 Å². The molecule has 166 valence electrons. The molecule has 1 aromatic rings. The monoisotopic (exact) mass is 496 g/mol. The largest absolute Gasteiger partial charge is 0.442 e. The number of ether oxygens (including phenoxy) is 1. The van der Waals surface area contributed by atoms with Gasteiger partial charge in [0.05, 0.1) is 37.3 Å². The average Bonchev–Trinajstić information content (AvgIpc) is 2.89. The molecule has 30 heavy (non-hydrogen) atoms. The maximum absolute atomic E-state index is 13.3. The smallest absolute Gasteiger partial charge is 0.430 e. The number of carbonyl (C=O) groups excluding carboxylic acids is 3. The van der Waals surface area contributed by atoms with E-state index in [1.54, 1.807) is 20.8 Å². The van der Waals surface area contributed by atoms with Crippen molar-refractivity contribution in [2.75, 3.05) is 0 Å². The molecule has 10 heteroatoms. The Morgan fingerprint density at radius 2 is 1.30 bits per heavy atom. The molecule has 0 saturated carbocycles. The molecule has 0 radical (unpaired) electrons. The fraction of sp³-hybridized carbons (Fsp3) is 0.550. The molecule has 2 rings (SSSR count). The van der Waals surface area contributed by atoms with Crippen molar-refractivity contribution in [3.8, 4) is 0 Å². The quantitative estimate of drug-likeness (QED) is 0.240. The van der Waals surface area contributed by atoms with E-state index in [2.05, 4.69) is 0 Å². The first kappa shape index (κ1) is 25.1. The van der Waals surface area contributed by atoms with Crippen LogP contribution in [0.1, 0.15) is 81.0 Å². The highest BCUT2D eigenvalue weighted by molar-refractivity contribution is 6.55. The van der Waals surface area contributed by atoms with Crippen molar-refractivity contribution in [2.24, 2.45) is 0 Å². The number of benzene rings is 1. The summed E-state index contributed by atoms with van der Waals surface area (Å²) in [5, 5.41) is 1.19. The van der Waals surface area contributed by atoms with Gasteiger partial charge in [-0.1, -0.05) is 73.1 Å². The Morgan fingerprint density at radius 3 is 1.63 bits per heavy atom. The fourth-order valence-electron chi connectivity index (χ4n) is 3.29. The van der Waals surface area contributed by atoms with Crippen LogP contribution in [0.3, 0.4) is 0 Å². The molecule has 1 aromatic carbocycles. The number of hydrogen-bond acceptors (Lipinski definition) is 4. The number of fused-ring (bicyclic) bond motifs is 1. The van der Waals surface area contributed by atoms with Crippen LogP contribution >= 0.6 is 46.4 Å². The first-order chi connectivity index (χ1) is 13.9. The number of rotatable bonds is 6. The molecule has 0 aliphatic carbocycles. The summed E-state index contributed by atoms with van der Waals surface area (Å²) in [6.07, 6.45) is 1.76. The van der Waals surface area contributed by atoms with Gasteiger partial charge in [0.2, 0.25) is 0 Å². The molecule has 0 N–H and O–H groups in total. The number of nitrogens with zero attached hydrogens (tertiary/aromatic N) is 2. The van der Waals surface area contributed by atoms with Crippen LogP contribution in [0.15, 0.2) is 0 Å². The molecule has 0 unspecified atom stereocenters. The maximum atomic E-state index is 13.3. The van der Waals surface area contributed by atoms with Gasteiger partial charge in [0.1, 0.15) is 5.60 Å². The van der Waals surface area contributed by atoms with Crippen LogP contribution < -0.4 is 0 Å². The van der Waals surface area contributed by atoms with Crippen LogP contribution in [0.25, 0.3) is 0 Å². The molecule has 0 fully saturated rings. The van der Waals surface area contributed by atoms with E-state index in [1.165, 1.54) is 0 Å². The molecule has 1 heterocycles. The Labute approximate surface area is 196 Å². The lowest BCUT2D eigenvalue weighted by atomic mass is 10.1. The average molecular weight is 498 g/mol. The van der Waals surface area contributed by atoms with E-state index >= 15 is 0 Å². The van der Waals surface area contributed by atoms with Crippen LogP contribution in [0.4, 0.5) is 4.79 Å². The highest BCUT2D eigenvalue weighted by atomic mass is 35.5. The molecular weight excluding hydrogens is 474 g/mol. The van der Waals surface area contributed by atoms with Crippen molar-refractivity contribution >= 4 is 64.3 Å². The SMILES string of the molecule is CCCC(CCC)N(C(=O)OC(C)(C)C)N1C(=O)c2c(Cl)c(Cl)c(Cl)c(Cl)c2C1=O. The zero-order chi connectivity index (χ0) is 23.0. The summed E-state index contributed by atoms with van der Waals surface area (Å²) >= 11 is 24.6. The number of imide groups is 1. The van der Waals surface area contributed by atoms with E-state index in [-0.39, 0.29) is 31.2 Å². The lowest BCUT2D eigenvalue weighted by molar-refractivity contribution is -0.0474. The van der Waals surface area contributed by atoms with Crippen molar-refractivity contribution in [3.63, 3.8) is 0 Å². The molecule has 3 amide bonds. The Balaban J connectivity index is 2.65. The van der Waals surface area contributed by atoms with Gasteiger partial charge in [-0.3, -0.25) is 9.59 Å². The zero-order valence-electron chi connectivity index (χ0n) is 17.4. The molecule has 1 aliphatic rings. The Morgan fingerprint density at radius 1 is 0.900 bits per heavy atom. The molecule has 0 atom stereocenters. The molecule has 0 spiro atoms. The standard InChI is InChI=1S/C20H24Cl4N2O4/c1-6-8-10(9-7-2)25(19(29)30-20(3,4)5)26-17(27)11-12(18(26)28)14(22)16(24)15(23)13(11)21/h10H,6-9H2,1-5H3. The Kier molecular flexibility index (Phi) is 7.94. The minimum Gasteiger partial charge on any atom is -0.442 e. The van der Waals surface area contributed by atoms with Crippen molar-refractivity contribution in [1.29, 1.82) is 0 Å². The first-order valence-corrected chi connectivity index (χ1v) is 11.1. The molecule has 6 nitrogen and oxygen atoms in total. The Bertz CT molecular complexity index is 830. The van der Waals surface area contributed by atoms with E-state index in [0.717, 1.165) is 22.9 Å². The lowest BCUT2D eigenvalue weighted by Crippen LogP contribution is -2.55. The summed E-state index contributed by atoms with van der Waals surface area (Å²) in [7, 11) is 0. The maximum Gasteiger partial charge on any atom is 0.430 e. The molecular formula is C20H24Cl4N2O4. The summed E-state index contributed by atoms with van der Waals surface area (Å²) in [6.45, 7) is 9.01. The second-order valence-electron chi connectivity index (χ2n) is 7.98. The summed E-state index contributed by atoms with van der Waals surface area (Å²) in [5.41, 5.74) is -1.19. The van der Waals surface area contributed by atoms with Gasteiger partial charge in [-0.2, -0.15) is 5.01 Å². The predicted molar refractivity (Wildman–Crippen MR) is 119 cm³/mol. The van der Waals surface area contributed by atoms with Gasteiger partial charge >= 0.3 is 6.09 Å². The fourth-order valence-corrected chi connectivity index (χ4v) is 4.31.